The fourth-order valence-corrected chi connectivity index (χ4v) is 0.972. The van der Waals surface area contributed by atoms with E-state index in [2.05, 4.69) is 4.74 Å². The average molecular weight is 200 g/mol. The molecule has 2 atom stereocenters. The van der Waals surface area contributed by atoms with Gasteiger partial charge in [0.15, 0.2) is 6.10 Å². The molecular weight excluding hydrogens is 188 g/mol. The van der Waals surface area contributed by atoms with Gasteiger partial charge in [0.25, 0.3) is 0 Å². The predicted octanol–water partition coefficient (Wildman–Crippen LogP) is 0.237. The summed E-state index contributed by atoms with van der Waals surface area (Å²) in [5.74, 6) is -0.734. The summed E-state index contributed by atoms with van der Waals surface area (Å²) in [5.41, 5.74) is 0. The molecular formula is C9H12O5. The smallest absolute Gasteiger partial charge is 0.338 e. The van der Waals surface area contributed by atoms with Crippen LogP contribution in [0.1, 0.15) is 18.8 Å². The van der Waals surface area contributed by atoms with Crippen molar-refractivity contribution in [3.8, 4) is 0 Å². The van der Waals surface area contributed by atoms with E-state index in [0.29, 0.717) is 0 Å². The normalized spacial score (nSPS) is 14.8. The third kappa shape index (κ3) is 2.34. The molecule has 0 aromatic carbocycles. The number of carbonyl (C=O) groups is 1. The number of hydrogen-bond acceptors (Lipinski definition) is 5. The van der Waals surface area contributed by atoms with Gasteiger partial charge < -0.3 is 19.4 Å². The second-order valence-corrected chi connectivity index (χ2v) is 2.66. The van der Waals surface area contributed by atoms with Crippen LogP contribution in [-0.4, -0.2) is 28.9 Å². The van der Waals surface area contributed by atoms with Crippen molar-refractivity contribution in [2.45, 2.75) is 19.1 Å². The first-order valence-electron chi connectivity index (χ1n) is 4.23. The molecule has 0 bridgehead atoms. The summed E-state index contributed by atoms with van der Waals surface area (Å²) >= 11 is 0. The zero-order valence-corrected chi connectivity index (χ0v) is 7.71. The predicted molar refractivity (Wildman–Crippen MR) is 46.3 cm³/mol. The second kappa shape index (κ2) is 4.78. The van der Waals surface area contributed by atoms with E-state index >= 15 is 0 Å². The van der Waals surface area contributed by atoms with Crippen LogP contribution < -0.4 is 0 Å². The monoisotopic (exact) mass is 200 g/mol. The van der Waals surface area contributed by atoms with Crippen LogP contribution in [0.25, 0.3) is 0 Å². The number of aliphatic hydroxyl groups excluding tert-OH is 2. The second-order valence-electron chi connectivity index (χ2n) is 2.66. The van der Waals surface area contributed by atoms with Gasteiger partial charge in [-0.15, -0.1) is 0 Å². The molecule has 0 fully saturated rings. The molecule has 1 aromatic rings. The molecule has 0 saturated heterocycles. The highest BCUT2D eigenvalue weighted by Gasteiger charge is 2.28. The molecule has 5 nitrogen and oxygen atoms in total. The molecule has 0 saturated carbocycles. The summed E-state index contributed by atoms with van der Waals surface area (Å²) in [6.45, 7) is 1.77. The Labute approximate surface area is 80.9 Å². The SMILES string of the molecule is CCOC(=O)[C@@H](O)[C@@H](O)c1ccco1. The zero-order chi connectivity index (χ0) is 10.6. The van der Waals surface area contributed by atoms with Crippen molar-refractivity contribution >= 4 is 5.97 Å². The summed E-state index contributed by atoms with van der Waals surface area (Å²) in [4.78, 5) is 11.0. The summed E-state index contributed by atoms with van der Waals surface area (Å²) in [6, 6.07) is 3.02. The van der Waals surface area contributed by atoms with Crippen molar-refractivity contribution in [1.82, 2.24) is 0 Å². The Kier molecular flexibility index (Phi) is 3.67. The van der Waals surface area contributed by atoms with E-state index in [1.54, 1.807) is 13.0 Å². The van der Waals surface area contributed by atoms with Gasteiger partial charge in [-0.1, -0.05) is 0 Å². The maximum absolute atomic E-state index is 11.0. The van der Waals surface area contributed by atoms with Crippen molar-refractivity contribution in [3.63, 3.8) is 0 Å². The highest BCUT2D eigenvalue weighted by atomic mass is 16.5. The largest absolute Gasteiger partial charge is 0.466 e. The number of esters is 1. The van der Waals surface area contributed by atoms with Gasteiger partial charge in [0.1, 0.15) is 11.9 Å². The Morgan fingerprint density at radius 2 is 2.36 bits per heavy atom. The molecule has 0 aliphatic rings. The maximum Gasteiger partial charge on any atom is 0.338 e. The Morgan fingerprint density at radius 1 is 1.64 bits per heavy atom. The van der Waals surface area contributed by atoms with Crippen LogP contribution in [0.5, 0.6) is 0 Å². The average Bonchev–Trinajstić information content (AvgIpc) is 2.68. The fourth-order valence-electron chi connectivity index (χ4n) is 0.972. The third-order valence-corrected chi connectivity index (χ3v) is 1.66. The van der Waals surface area contributed by atoms with E-state index in [9.17, 15) is 15.0 Å². The molecule has 1 rings (SSSR count). The molecule has 0 unspecified atom stereocenters. The highest BCUT2D eigenvalue weighted by Crippen LogP contribution is 2.17. The van der Waals surface area contributed by atoms with Gasteiger partial charge >= 0.3 is 5.97 Å². The van der Waals surface area contributed by atoms with Gasteiger partial charge in [0, 0.05) is 0 Å². The number of carbonyl (C=O) groups excluding carboxylic acids is 1. The van der Waals surface area contributed by atoms with E-state index in [4.69, 9.17) is 4.42 Å². The van der Waals surface area contributed by atoms with Crippen molar-refractivity contribution in [3.05, 3.63) is 24.2 Å². The molecule has 1 heterocycles. The van der Waals surface area contributed by atoms with Crippen LogP contribution in [0.4, 0.5) is 0 Å². The first-order valence-corrected chi connectivity index (χ1v) is 4.23. The van der Waals surface area contributed by atoms with Crippen LogP contribution >= 0.6 is 0 Å². The molecule has 0 aliphatic heterocycles. The van der Waals surface area contributed by atoms with Crippen LogP contribution in [-0.2, 0) is 9.53 Å². The lowest BCUT2D eigenvalue weighted by molar-refractivity contribution is -0.160. The lowest BCUT2D eigenvalue weighted by atomic mass is 10.1. The molecule has 2 N–H and O–H groups in total. The quantitative estimate of drug-likeness (QED) is 0.680. The van der Waals surface area contributed by atoms with E-state index in [-0.39, 0.29) is 12.4 Å². The van der Waals surface area contributed by atoms with Crippen molar-refractivity contribution < 1.29 is 24.2 Å². The Morgan fingerprint density at radius 3 is 2.86 bits per heavy atom. The van der Waals surface area contributed by atoms with E-state index in [1.807, 2.05) is 0 Å². The maximum atomic E-state index is 11.0. The molecule has 1 aromatic heterocycles. The molecule has 0 aliphatic carbocycles. The van der Waals surface area contributed by atoms with Crippen LogP contribution in [0.3, 0.4) is 0 Å². The molecule has 78 valence electrons. The van der Waals surface area contributed by atoms with Crippen LogP contribution in [0.2, 0.25) is 0 Å². The minimum absolute atomic E-state index is 0.130. The van der Waals surface area contributed by atoms with Crippen LogP contribution in [0, 0.1) is 0 Å². The van der Waals surface area contributed by atoms with E-state index < -0.39 is 18.2 Å². The lowest BCUT2D eigenvalue weighted by Gasteiger charge is -2.13. The summed E-state index contributed by atoms with van der Waals surface area (Å²) < 4.78 is 9.36. The van der Waals surface area contributed by atoms with Gasteiger partial charge in [-0.05, 0) is 19.1 Å². The van der Waals surface area contributed by atoms with Gasteiger partial charge in [-0.25, -0.2) is 4.79 Å². The van der Waals surface area contributed by atoms with Crippen LogP contribution in [0.15, 0.2) is 22.8 Å². The lowest BCUT2D eigenvalue weighted by Crippen LogP contribution is -2.29. The molecule has 14 heavy (non-hydrogen) atoms. The molecule has 5 heteroatoms. The minimum Gasteiger partial charge on any atom is -0.466 e. The minimum atomic E-state index is -1.61. The van der Waals surface area contributed by atoms with Gasteiger partial charge in [0.2, 0.25) is 0 Å². The number of furan rings is 1. The third-order valence-electron chi connectivity index (χ3n) is 1.66. The summed E-state index contributed by atoms with van der Waals surface area (Å²) in [5, 5.41) is 18.7. The Bertz CT molecular complexity index is 279. The van der Waals surface area contributed by atoms with Crippen molar-refractivity contribution in [1.29, 1.82) is 0 Å². The molecule has 0 amide bonds. The number of hydrogen-bond donors (Lipinski definition) is 2. The standard InChI is InChI=1S/C9H12O5/c1-2-13-9(12)8(11)7(10)6-4-3-5-14-6/h3-5,7-8,10-11H,2H2,1H3/t7-,8-/m0/s1. The number of ether oxygens (including phenoxy) is 1. The van der Waals surface area contributed by atoms with Gasteiger partial charge in [0.05, 0.1) is 12.9 Å². The highest BCUT2D eigenvalue weighted by molar-refractivity contribution is 5.75. The first-order chi connectivity index (χ1) is 6.66. The van der Waals surface area contributed by atoms with E-state index in [1.165, 1.54) is 12.3 Å². The van der Waals surface area contributed by atoms with Crippen molar-refractivity contribution in [2.24, 2.45) is 0 Å². The van der Waals surface area contributed by atoms with E-state index in [0.717, 1.165) is 0 Å². The van der Waals surface area contributed by atoms with Gasteiger partial charge in [-0.2, -0.15) is 0 Å². The molecule has 0 radical (unpaired) electrons. The Balaban J connectivity index is 2.61. The molecule has 0 spiro atoms. The number of rotatable bonds is 4. The first kappa shape index (κ1) is 10.7. The van der Waals surface area contributed by atoms with Crippen molar-refractivity contribution in [2.75, 3.05) is 6.61 Å². The summed E-state index contributed by atoms with van der Waals surface area (Å²) in [6.07, 6.45) is -1.65. The Hall–Kier alpha value is -1.33. The van der Waals surface area contributed by atoms with Gasteiger partial charge in [-0.3, -0.25) is 0 Å². The fraction of sp³-hybridized carbons (Fsp3) is 0.444. The zero-order valence-electron chi connectivity index (χ0n) is 7.71. The number of aliphatic hydroxyl groups is 2. The summed E-state index contributed by atoms with van der Waals surface area (Å²) in [7, 11) is 0. The topological polar surface area (TPSA) is 79.9 Å².